The first-order valence-electron chi connectivity index (χ1n) is 15.2. The van der Waals surface area contributed by atoms with E-state index in [0.717, 1.165) is 23.3 Å². The summed E-state index contributed by atoms with van der Waals surface area (Å²) in [6.07, 6.45) is 0.851. The highest BCUT2D eigenvalue weighted by atomic mass is 17.2. The molecule has 0 aliphatic carbocycles. The summed E-state index contributed by atoms with van der Waals surface area (Å²) in [7, 11) is 0. The molecule has 0 radical (unpaired) electrons. The number of rotatable bonds is 24. The number of aldehydes is 2. The van der Waals surface area contributed by atoms with Crippen molar-refractivity contribution < 1.29 is 67.3 Å². The molecule has 14 heteroatoms. The summed E-state index contributed by atoms with van der Waals surface area (Å²) < 4.78 is 21.5. The van der Waals surface area contributed by atoms with Crippen LogP contribution >= 0.6 is 0 Å². The van der Waals surface area contributed by atoms with Gasteiger partial charge in [-0.15, -0.1) is 0 Å². The molecule has 14 nitrogen and oxygen atoms in total. The Kier molecular flexibility index (Phi) is 17.5. The van der Waals surface area contributed by atoms with E-state index in [1.807, 2.05) is 38.1 Å². The SMILES string of the molecule is C=CC(=O)OCC(COc1ccc(C(C)(C)c2ccc(OCC(COC(=O)C=C)OOC(=O)CCC=O)cc2)cc1)OOC(=O)CCC=O. The van der Waals surface area contributed by atoms with E-state index >= 15 is 0 Å². The Balaban J connectivity index is 2.00. The molecule has 0 bridgehead atoms. The first kappa shape index (κ1) is 39.8. The van der Waals surface area contributed by atoms with E-state index in [1.165, 1.54) is 0 Å². The van der Waals surface area contributed by atoms with Crippen LogP contribution in [0.3, 0.4) is 0 Å². The van der Waals surface area contributed by atoms with Crippen LogP contribution < -0.4 is 9.47 Å². The van der Waals surface area contributed by atoms with Gasteiger partial charge in [0.15, 0.2) is 12.2 Å². The molecule has 2 aromatic carbocycles. The number of benzene rings is 2. The fraction of sp³-hybridized carbons (Fsp3) is 0.371. The summed E-state index contributed by atoms with van der Waals surface area (Å²) in [5.41, 5.74) is 1.47. The second kappa shape index (κ2) is 21.5. The van der Waals surface area contributed by atoms with Crippen molar-refractivity contribution in [3.63, 3.8) is 0 Å². The van der Waals surface area contributed by atoms with E-state index < -0.39 is 41.5 Å². The van der Waals surface area contributed by atoms with E-state index in [4.69, 9.17) is 38.5 Å². The molecule has 0 N–H and O–H groups in total. The molecular weight excluding hydrogens is 644 g/mol. The highest BCUT2D eigenvalue weighted by Crippen LogP contribution is 2.33. The lowest BCUT2D eigenvalue weighted by atomic mass is 9.78. The normalized spacial score (nSPS) is 12.0. The van der Waals surface area contributed by atoms with E-state index in [0.29, 0.717) is 24.1 Å². The van der Waals surface area contributed by atoms with Gasteiger partial charge in [0.1, 0.15) is 50.5 Å². The molecule has 2 rings (SSSR count). The molecule has 0 aromatic heterocycles. The van der Waals surface area contributed by atoms with Gasteiger partial charge in [0.25, 0.3) is 0 Å². The third kappa shape index (κ3) is 15.0. The van der Waals surface area contributed by atoms with Crippen LogP contribution in [0.15, 0.2) is 73.8 Å². The lowest BCUT2D eigenvalue weighted by molar-refractivity contribution is -0.306. The van der Waals surface area contributed by atoms with Gasteiger partial charge in [0, 0.05) is 30.4 Å². The molecule has 2 aromatic rings. The zero-order valence-corrected chi connectivity index (χ0v) is 27.4. The van der Waals surface area contributed by atoms with E-state index in [2.05, 4.69) is 13.2 Å². The average Bonchev–Trinajstić information content (AvgIpc) is 3.12. The second-order valence-corrected chi connectivity index (χ2v) is 10.7. The van der Waals surface area contributed by atoms with Crippen LogP contribution in [0.5, 0.6) is 11.5 Å². The second-order valence-electron chi connectivity index (χ2n) is 10.7. The van der Waals surface area contributed by atoms with Crippen molar-refractivity contribution in [3.8, 4) is 11.5 Å². The minimum absolute atomic E-state index is 0.0204. The van der Waals surface area contributed by atoms with Crippen molar-refractivity contribution in [2.75, 3.05) is 26.4 Å². The van der Waals surface area contributed by atoms with Gasteiger partial charge in [0.2, 0.25) is 0 Å². The number of ether oxygens (including phenoxy) is 4. The maximum Gasteiger partial charge on any atom is 0.342 e. The van der Waals surface area contributed by atoms with Gasteiger partial charge in [-0.2, -0.15) is 9.78 Å². The molecule has 264 valence electrons. The van der Waals surface area contributed by atoms with Crippen LogP contribution in [0.25, 0.3) is 0 Å². The summed E-state index contributed by atoms with van der Waals surface area (Å²) in [6.45, 7) is 9.92. The summed E-state index contributed by atoms with van der Waals surface area (Å²) in [5.74, 6) is -1.94. The van der Waals surface area contributed by atoms with Crippen LogP contribution in [-0.4, -0.2) is 75.1 Å². The summed E-state index contributed by atoms with van der Waals surface area (Å²) in [5, 5.41) is 0. The minimum atomic E-state index is -0.951. The van der Waals surface area contributed by atoms with E-state index in [-0.39, 0.29) is 52.1 Å². The Morgan fingerprint density at radius 2 is 1.00 bits per heavy atom. The Morgan fingerprint density at radius 3 is 1.33 bits per heavy atom. The van der Waals surface area contributed by atoms with Gasteiger partial charge in [-0.25, -0.2) is 19.2 Å². The zero-order chi connectivity index (χ0) is 36.1. The van der Waals surface area contributed by atoms with Crippen LogP contribution in [0.2, 0.25) is 0 Å². The Bertz CT molecular complexity index is 1290. The predicted molar refractivity (Wildman–Crippen MR) is 171 cm³/mol. The predicted octanol–water partition coefficient (Wildman–Crippen LogP) is 3.87. The van der Waals surface area contributed by atoms with E-state index in [1.54, 1.807) is 24.3 Å². The molecule has 0 aliphatic heterocycles. The molecule has 0 spiro atoms. The number of carbonyl (C=O) groups excluding carboxylic acids is 6. The fourth-order valence-corrected chi connectivity index (χ4v) is 3.84. The van der Waals surface area contributed by atoms with Crippen molar-refractivity contribution in [1.82, 2.24) is 0 Å². The molecule has 0 saturated heterocycles. The van der Waals surface area contributed by atoms with Crippen LogP contribution in [0.4, 0.5) is 0 Å². The maximum atomic E-state index is 11.7. The molecule has 0 saturated carbocycles. The number of carbonyl (C=O) groups is 6. The summed E-state index contributed by atoms with van der Waals surface area (Å²) >= 11 is 0. The third-order valence-electron chi connectivity index (χ3n) is 6.67. The lowest BCUT2D eigenvalue weighted by Crippen LogP contribution is -2.29. The molecule has 49 heavy (non-hydrogen) atoms. The quantitative estimate of drug-likeness (QED) is 0.0512. The van der Waals surface area contributed by atoms with Crippen molar-refractivity contribution in [2.45, 2.75) is 57.2 Å². The topological polar surface area (TPSA) is 176 Å². The van der Waals surface area contributed by atoms with Gasteiger partial charge in [-0.3, -0.25) is 9.78 Å². The van der Waals surface area contributed by atoms with Gasteiger partial charge < -0.3 is 28.5 Å². The molecule has 0 aliphatic rings. The summed E-state index contributed by atoms with van der Waals surface area (Å²) in [6, 6.07) is 14.5. The third-order valence-corrected chi connectivity index (χ3v) is 6.67. The highest BCUT2D eigenvalue weighted by Gasteiger charge is 2.24. The van der Waals surface area contributed by atoms with Gasteiger partial charge in [-0.05, 0) is 35.4 Å². The Hall–Kier alpha value is -5.34. The number of hydrogen-bond acceptors (Lipinski definition) is 14. The molecule has 0 fully saturated rings. The number of hydrogen-bond donors (Lipinski definition) is 0. The smallest absolute Gasteiger partial charge is 0.342 e. The maximum absolute atomic E-state index is 11.7. The first-order valence-corrected chi connectivity index (χ1v) is 15.2. The lowest BCUT2D eigenvalue weighted by Gasteiger charge is -2.26. The zero-order valence-electron chi connectivity index (χ0n) is 27.4. The molecular formula is C35H40O14. The largest absolute Gasteiger partial charge is 0.491 e. The van der Waals surface area contributed by atoms with Gasteiger partial charge in [-0.1, -0.05) is 51.3 Å². The highest BCUT2D eigenvalue weighted by molar-refractivity contribution is 5.81. The molecule has 2 atom stereocenters. The van der Waals surface area contributed by atoms with Crippen molar-refractivity contribution in [3.05, 3.63) is 85.0 Å². The Labute approximate surface area is 283 Å². The van der Waals surface area contributed by atoms with Gasteiger partial charge >= 0.3 is 23.9 Å². The fourth-order valence-electron chi connectivity index (χ4n) is 3.84. The van der Waals surface area contributed by atoms with Crippen molar-refractivity contribution in [2.24, 2.45) is 0 Å². The van der Waals surface area contributed by atoms with Crippen molar-refractivity contribution >= 4 is 36.4 Å². The molecule has 0 heterocycles. The van der Waals surface area contributed by atoms with Crippen LogP contribution in [-0.2, 0) is 63.2 Å². The summed E-state index contributed by atoms with van der Waals surface area (Å²) in [4.78, 5) is 86.9. The van der Waals surface area contributed by atoms with Gasteiger partial charge in [0.05, 0.1) is 12.8 Å². The monoisotopic (exact) mass is 684 g/mol. The van der Waals surface area contributed by atoms with Crippen LogP contribution in [0.1, 0.15) is 50.7 Å². The first-order chi connectivity index (χ1) is 23.5. The van der Waals surface area contributed by atoms with Crippen LogP contribution in [0, 0.1) is 0 Å². The molecule has 2 unspecified atom stereocenters. The Morgan fingerprint density at radius 1 is 0.633 bits per heavy atom. The standard InChI is InChI=1S/C35H40O14/c1-5-31(38)44-23-29(46-48-33(40)9-7-19-36)21-42-27-15-11-25(12-16-27)35(3,4)26-13-17-28(18-14-26)43-22-30(24-45-32(39)6-2)47-49-34(41)10-8-20-37/h5-6,11-20,29-30H,1-2,7-10,21-24H2,3-4H3. The van der Waals surface area contributed by atoms with E-state index in [9.17, 15) is 28.8 Å². The average molecular weight is 685 g/mol. The minimum Gasteiger partial charge on any atom is -0.491 e. The number of esters is 2. The molecule has 0 amide bonds. The van der Waals surface area contributed by atoms with Crippen molar-refractivity contribution in [1.29, 1.82) is 0 Å².